The van der Waals surface area contributed by atoms with Gasteiger partial charge in [-0.2, -0.15) is 0 Å². The molecule has 0 aliphatic carbocycles. The second kappa shape index (κ2) is 5.67. The highest BCUT2D eigenvalue weighted by molar-refractivity contribution is 6.30. The summed E-state index contributed by atoms with van der Waals surface area (Å²) in [5, 5.41) is 9.73. The molecule has 2 rings (SSSR count). The van der Waals surface area contributed by atoms with E-state index in [-0.39, 0.29) is 5.69 Å². The van der Waals surface area contributed by atoms with Crippen molar-refractivity contribution in [2.75, 3.05) is 11.9 Å². The first kappa shape index (κ1) is 13.3. The lowest BCUT2D eigenvalue weighted by Crippen LogP contribution is -2.21. The molecule has 0 saturated carbocycles. The number of benzene rings is 1. The lowest BCUT2D eigenvalue weighted by molar-refractivity contribution is 0.0690. The third kappa shape index (κ3) is 3.20. The van der Waals surface area contributed by atoms with E-state index in [1.807, 2.05) is 12.1 Å². The number of nitrogens with zero attached hydrogens (tertiary/aromatic N) is 3. The van der Waals surface area contributed by atoms with Gasteiger partial charge in [-0.25, -0.2) is 14.8 Å². The van der Waals surface area contributed by atoms with Gasteiger partial charge in [0.2, 0.25) is 0 Å². The Morgan fingerprint density at radius 3 is 2.53 bits per heavy atom. The van der Waals surface area contributed by atoms with Crippen LogP contribution in [0, 0.1) is 0 Å². The van der Waals surface area contributed by atoms with Gasteiger partial charge in [0.15, 0.2) is 11.5 Å². The average molecular weight is 278 g/mol. The average Bonchev–Trinajstić information content (AvgIpc) is 2.41. The Balaban J connectivity index is 2.22. The van der Waals surface area contributed by atoms with Gasteiger partial charge in [-0.15, -0.1) is 0 Å². The Morgan fingerprint density at radius 2 is 1.89 bits per heavy atom. The third-order valence-electron chi connectivity index (χ3n) is 2.58. The highest BCUT2D eigenvalue weighted by Gasteiger charge is 2.16. The summed E-state index contributed by atoms with van der Waals surface area (Å²) < 4.78 is 0. The quantitative estimate of drug-likeness (QED) is 0.930. The maximum absolute atomic E-state index is 11.1. The fourth-order valence-corrected chi connectivity index (χ4v) is 1.83. The van der Waals surface area contributed by atoms with E-state index in [1.165, 1.54) is 12.4 Å². The Morgan fingerprint density at radius 1 is 1.26 bits per heavy atom. The van der Waals surface area contributed by atoms with Gasteiger partial charge in [-0.1, -0.05) is 23.7 Å². The molecule has 0 bridgehead atoms. The van der Waals surface area contributed by atoms with Crippen LogP contribution in [-0.4, -0.2) is 28.1 Å². The van der Waals surface area contributed by atoms with Gasteiger partial charge in [-0.05, 0) is 17.7 Å². The monoisotopic (exact) mass is 277 g/mol. The van der Waals surface area contributed by atoms with Crippen molar-refractivity contribution < 1.29 is 9.90 Å². The molecule has 0 radical (unpaired) electrons. The Hall–Kier alpha value is -2.14. The van der Waals surface area contributed by atoms with Crippen LogP contribution in [-0.2, 0) is 6.54 Å². The minimum absolute atomic E-state index is 0.0565. The molecule has 0 saturated heterocycles. The van der Waals surface area contributed by atoms with Crippen LogP contribution in [0.2, 0.25) is 5.02 Å². The van der Waals surface area contributed by atoms with Crippen molar-refractivity contribution in [2.24, 2.45) is 0 Å². The van der Waals surface area contributed by atoms with Crippen molar-refractivity contribution in [1.82, 2.24) is 9.97 Å². The summed E-state index contributed by atoms with van der Waals surface area (Å²) in [6, 6.07) is 7.35. The van der Waals surface area contributed by atoms with E-state index >= 15 is 0 Å². The maximum Gasteiger partial charge on any atom is 0.358 e. The van der Waals surface area contributed by atoms with Crippen molar-refractivity contribution in [2.45, 2.75) is 6.54 Å². The predicted octanol–water partition coefficient (Wildman–Crippen LogP) is 2.46. The van der Waals surface area contributed by atoms with Crippen molar-refractivity contribution >= 4 is 23.4 Å². The highest BCUT2D eigenvalue weighted by atomic mass is 35.5. The summed E-state index contributed by atoms with van der Waals surface area (Å²) in [6.07, 6.45) is 2.84. The molecular weight excluding hydrogens is 266 g/mol. The molecule has 6 heteroatoms. The van der Waals surface area contributed by atoms with Gasteiger partial charge in [0.05, 0.1) is 0 Å². The fraction of sp³-hybridized carbons (Fsp3) is 0.154. The number of carboxylic acid groups (broad SMARTS) is 1. The zero-order chi connectivity index (χ0) is 13.8. The molecule has 0 amide bonds. The van der Waals surface area contributed by atoms with E-state index in [9.17, 15) is 4.79 Å². The molecule has 98 valence electrons. The van der Waals surface area contributed by atoms with Crippen molar-refractivity contribution in [3.05, 3.63) is 52.9 Å². The molecule has 0 aliphatic heterocycles. The molecule has 0 aliphatic rings. The summed E-state index contributed by atoms with van der Waals surface area (Å²) in [4.78, 5) is 20.7. The van der Waals surface area contributed by atoms with E-state index in [0.29, 0.717) is 17.4 Å². The Labute approximate surface area is 115 Å². The number of hydrogen-bond acceptors (Lipinski definition) is 4. The first-order valence-electron chi connectivity index (χ1n) is 5.58. The zero-order valence-corrected chi connectivity index (χ0v) is 11.0. The van der Waals surface area contributed by atoms with Gasteiger partial charge >= 0.3 is 5.97 Å². The lowest BCUT2D eigenvalue weighted by Gasteiger charge is -2.19. The molecule has 0 atom stereocenters. The Kier molecular flexibility index (Phi) is 3.97. The van der Waals surface area contributed by atoms with E-state index in [0.717, 1.165) is 5.56 Å². The number of anilines is 1. The van der Waals surface area contributed by atoms with Crippen LogP contribution in [0.15, 0.2) is 36.7 Å². The Bertz CT molecular complexity index is 587. The molecule has 2 aromatic rings. The number of aromatic nitrogens is 2. The number of hydrogen-bond donors (Lipinski definition) is 1. The van der Waals surface area contributed by atoms with Crippen LogP contribution < -0.4 is 4.90 Å². The SMILES string of the molecule is CN(Cc1ccc(Cl)cc1)c1nccnc1C(=O)O. The van der Waals surface area contributed by atoms with Gasteiger partial charge < -0.3 is 10.0 Å². The minimum Gasteiger partial charge on any atom is -0.476 e. The van der Waals surface area contributed by atoms with Gasteiger partial charge in [0.1, 0.15) is 0 Å². The summed E-state index contributed by atoms with van der Waals surface area (Å²) >= 11 is 5.82. The molecule has 1 aromatic heterocycles. The number of carboxylic acids is 1. The highest BCUT2D eigenvalue weighted by Crippen LogP contribution is 2.17. The second-order valence-corrected chi connectivity index (χ2v) is 4.45. The summed E-state index contributed by atoms with van der Waals surface area (Å²) in [7, 11) is 1.77. The molecule has 1 aromatic carbocycles. The van der Waals surface area contributed by atoms with Gasteiger partial charge in [0.25, 0.3) is 0 Å². The van der Waals surface area contributed by atoms with Crippen LogP contribution in [0.5, 0.6) is 0 Å². The van der Waals surface area contributed by atoms with Gasteiger partial charge in [-0.3, -0.25) is 0 Å². The largest absolute Gasteiger partial charge is 0.476 e. The van der Waals surface area contributed by atoms with Crippen LogP contribution in [0.1, 0.15) is 16.1 Å². The van der Waals surface area contributed by atoms with Crippen molar-refractivity contribution in [3.63, 3.8) is 0 Å². The number of halogens is 1. The summed E-state index contributed by atoms with van der Waals surface area (Å²) in [6.45, 7) is 0.524. The standard InChI is InChI=1S/C13H12ClN3O2/c1-17(8-9-2-4-10(14)5-3-9)12-11(13(18)19)15-6-7-16-12/h2-7H,8H2,1H3,(H,18,19). The number of carbonyl (C=O) groups is 1. The zero-order valence-electron chi connectivity index (χ0n) is 10.2. The summed E-state index contributed by atoms with van der Waals surface area (Å²) in [5.74, 6) is -0.754. The molecule has 1 heterocycles. The molecule has 0 fully saturated rings. The number of rotatable bonds is 4. The second-order valence-electron chi connectivity index (χ2n) is 4.02. The van der Waals surface area contributed by atoms with Crippen LogP contribution >= 0.6 is 11.6 Å². The van der Waals surface area contributed by atoms with E-state index < -0.39 is 5.97 Å². The van der Waals surface area contributed by atoms with Crippen LogP contribution in [0.3, 0.4) is 0 Å². The first-order valence-corrected chi connectivity index (χ1v) is 5.95. The fourth-order valence-electron chi connectivity index (χ4n) is 1.70. The summed E-state index contributed by atoms with van der Waals surface area (Å²) in [5.41, 5.74) is 0.952. The van der Waals surface area contributed by atoms with Crippen molar-refractivity contribution in [1.29, 1.82) is 0 Å². The molecule has 0 unspecified atom stereocenters. The number of aromatic carboxylic acids is 1. The molecule has 19 heavy (non-hydrogen) atoms. The predicted molar refractivity (Wildman–Crippen MR) is 72.6 cm³/mol. The first-order chi connectivity index (χ1) is 9.08. The third-order valence-corrected chi connectivity index (χ3v) is 2.83. The van der Waals surface area contributed by atoms with Crippen molar-refractivity contribution in [3.8, 4) is 0 Å². The smallest absolute Gasteiger partial charge is 0.358 e. The maximum atomic E-state index is 11.1. The van der Waals surface area contributed by atoms with E-state index in [2.05, 4.69) is 9.97 Å². The topological polar surface area (TPSA) is 66.3 Å². The normalized spacial score (nSPS) is 10.2. The van der Waals surface area contributed by atoms with Gasteiger partial charge in [0, 0.05) is 31.0 Å². The van der Waals surface area contributed by atoms with E-state index in [4.69, 9.17) is 16.7 Å². The lowest BCUT2D eigenvalue weighted by atomic mass is 10.2. The molecule has 5 nitrogen and oxygen atoms in total. The van der Waals surface area contributed by atoms with Crippen LogP contribution in [0.4, 0.5) is 5.82 Å². The van der Waals surface area contributed by atoms with Crippen LogP contribution in [0.25, 0.3) is 0 Å². The molecule has 0 spiro atoms. The molecule has 1 N–H and O–H groups in total. The van der Waals surface area contributed by atoms with E-state index in [1.54, 1.807) is 24.1 Å². The minimum atomic E-state index is -1.09. The molecular formula is C13H12ClN3O2.